The molecule has 11 heteroatoms. The van der Waals surface area contributed by atoms with E-state index < -0.39 is 11.7 Å². The predicted octanol–water partition coefficient (Wildman–Crippen LogP) is 3.49. The lowest BCUT2D eigenvalue weighted by Gasteiger charge is -2.35. The van der Waals surface area contributed by atoms with Crippen molar-refractivity contribution in [2.45, 2.75) is 6.04 Å². The van der Waals surface area contributed by atoms with Crippen LogP contribution in [0.5, 0.6) is 0 Å². The van der Waals surface area contributed by atoms with E-state index >= 15 is 0 Å². The molecule has 2 aliphatic rings. The summed E-state index contributed by atoms with van der Waals surface area (Å²) in [4.78, 5) is 27.4. The summed E-state index contributed by atoms with van der Waals surface area (Å²) in [5.41, 5.74) is 2.27. The van der Waals surface area contributed by atoms with Crippen LogP contribution in [0, 0.1) is 5.82 Å². The molecule has 9 nitrogen and oxygen atoms in total. The van der Waals surface area contributed by atoms with Crippen LogP contribution < -0.4 is 25.3 Å². The molecule has 1 aromatic heterocycles. The summed E-state index contributed by atoms with van der Waals surface area (Å²) in [6, 6.07) is 12.7. The normalized spacial score (nSPS) is 17.8. The van der Waals surface area contributed by atoms with Crippen molar-refractivity contribution in [1.82, 2.24) is 15.3 Å². The number of rotatable bonds is 6. The number of nitrogens with one attached hydrogen (secondary N) is 2. The Morgan fingerprint density at radius 3 is 2.81 bits per heavy atom. The third kappa shape index (κ3) is 4.79. The Morgan fingerprint density at radius 2 is 2.06 bits per heavy atom. The van der Waals surface area contributed by atoms with Gasteiger partial charge in [0.2, 0.25) is 5.95 Å². The summed E-state index contributed by atoms with van der Waals surface area (Å²) >= 11 is 6.19. The molecule has 0 radical (unpaired) electrons. The monoisotopic (exact) mass is 511 g/mol. The minimum Gasteiger partial charge on any atom is -0.383 e. The predicted molar refractivity (Wildman–Crippen MR) is 139 cm³/mol. The molecule has 1 fully saturated rings. The van der Waals surface area contributed by atoms with E-state index in [9.17, 15) is 9.18 Å². The first-order valence-corrected chi connectivity index (χ1v) is 12.0. The van der Waals surface area contributed by atoms with Gasteiger partial charge in [0.15, 0.2) is 0 Å². The lowest BCUT2D eigenvalue weighted by Crippen LogP contribution is -2.52. The van der Waals surface area contributed by atoms with Gasteiger partial charge in [0.05, 0.1) is 18.3 Å². The molecule has 188 valence electrons. The van der Waals surface area contributed by atoms with Crippen LogP contribution in [0.1, 0.15) is 10.4 Å². The summed E-state index contributed by atoms with van der Waals surface area (Å²) in [6.45, 7) is 3.49. The molecule has 0 aliphatic carbocycles. The van der Waals surface area contributed by atoms with Crippen LogP contribution in [-0.4, -0.2) is 69.0 Å². The number of anilines is 5. The zero-order valence-corrected chi connectivity index (χ0v) is 20.8. The Hall–Kier alpha value is -3.47. The maximum Gasteiger partial charge on any atom is 0.265 e. The number of halogens is 2. The summed E-state index contributed by atoms with van der Waals surface area (Å²) in [5.74, 6) is -0.150. The highest BCUT2D eigenvalue weighted by Crippen LogP contribution is 2.34. The van der Waals surface area contributed by atoms with E-state index in [1.807, 2.05) is 12.1 Å². The van der Waals surface area contributed by atoms with Crippen LogP contribution in [0.25, 0.3) is 0 Å². The van der Waals surface area contributed by atoms with Gasteiger partial charge in [-0.25, -0.2) is 9.37 Å². The van der Waals surface area contributed by atoms with Gasteiger partial charge in [-0.2, -0.15) is 4.98 Å². The van der Waals surface area contributed by atoms with E-state index in [2.05, 4.69) is 37.6 Å². The Kier molecular flexibility index (Phi) is 6.90. The van der Waals surface area contributed by atoms with Crippen LogP contribution in [0.2, 0.25) is 5.02 Å². The van der Waals surface area contributed by atoms with E-state index in [1.165, 1.54) is 23.2 Å². The summed E-state index contributed by atoms with van der Waals surface area (Å²) in [5, 5.41) is 6.83. The molecule has 36 heavy (non-hydrogen) atoms. The number of nitrogens with zero attached hydrogens (tertiary/aromatic N) is 5. The molecule has 1 saturated heterocycles. The molecule has 2 N–H and O–H groups in total. The first kappa shape index (κ1) is 24.2. The highest BCUT2D eigenvalue weighted by atomic mass is 35.5. The van der Waals surface area contributed by atoms with Crippen LogP contribution >= 0.6 is 11.6 Å². The second-order valence-corrected chi connectivity index (χ2v) is 9.21. The summed E-state index contributed by atoms with van der Waals surface area (Å²) < 4.78 is 19.7. The maximum atomic E-state index is 14.5. The molecule has 0 unspecified atom stereocenters. The largest absolute Gasteiger partial charge is 0.383 e. The summed E-state index contributed by atoms with van der Waals surface area (Å²) in [7, 11) is 3.50. The molecule has 0 bridgehead atoms. The number of piperazine rings is 1. The molecule has 2 aliphatic heterocycles. The fourth-order valence-electron chi connectivity index (χ4n) is 4.54. The fourth-order valence-corrected chi connectivity index (χ4v) is 4.81. The van der Waals surface area contributed by atoms with Gasteiger partial charge >= 0.3 is 0 Å². The van der Waals surface area contributed by atoms with Crippen molar-refractivity contribution in [3.63, 3.8) is 0 Å². The Balaban J connectivity index is 1.31. The third-order valence-electron chi connectivity index (χ3n) is 6.28. The number of carbonyl (C=O) groups is 1. The first-order valence-electron chi connectivity index (χ1n) is 11.6. The quantitative estimate of drug-likeness (QED) is 0.520. The topological polar surface area (TPSA) is 85.9 Å². The molecule has 0 saturated carbocycles. The Labute approximate surface area is 213 Å². The lowest BCUT2D eigenvalue weighted by molar-refractivity contribution is 0.0981. The minimum absolute atomic E-state index is 0.0435. The van der Waals surface area contributed by atoms with Crippen molar-refractivity contribution in [2.24, 2.45) is 0 Å². The number of fused-ring (bicyclic) bond motifs is 1. The first-order chi connectivity index (χ1) is 17.4. The molecule has 2 aromatic carbocycles. The Morgan fingerprint density at radius 1 is 1.25 bits per heavy atom. The second kappa shape index (κ2) is 10.3. The van der Waals surface area contributed by atoms with Crippen molar-refractivity contribution < 1.29 is 13.9 Å². The molecular weight excluding hydrogens is 485 g/mol. The van der Waals surface area contributed by atoms with Crippen molar-refractivity contribution in [2.75, 3.05) is 67.1 Å². The van der Waals surface area contributed by atoms with Crippen LogP contribution in [0.4, 0.5) is 33.2 Å². The van der Waals surface area contributed by atoms with Crippen LogP contribution in [0.15, 0.2) is 48.7 Å². The zero-order valence-electron chi connectivity index (χ0n) is 20.0. The SMILES string of the molecule is COC[C@H]1CN(c2ccc(Nc3ncc4c(n3)N(C)CN(c3c(F)cccc3Cl)C4=O)cc2)CCN1. The molecule has 3 heterocycles. The third-order valence-corrected chi connectivity index (χ3v) is 6.58. The fraction of sp³-hybridized carbons (Fsp3) is 0.320. The van der Waals surface area contributed by atoms with Crippen LogP contribution in [0.3, 0.4) is 0 Å². The van der Waals surface area contributed by atoms with Gasteiger partial charge in [0.25, 0.3) is 5.91 Å². The highest BCUT2D eigenvalue weighted by Gasteiger charge is 2.33. The second-order valence-electron chi connectivity index (χ2n) is 8.80. The van der Waals surface area contributed by atoms with Crippen LogP contribution in [-0.2, 0) is 4.74 Å². The van der Waals surface area contributed by atoms with Gasteiger partial charge in [-0.1, -0.05) is 17.7 Å². The van der Waals surface area contributed by atoms with E-state index in [1.54, 1.807) is 25.1 Å². The molecule has 1 atom stereocenters. The average Bonchev–Trinajstić information content (AvgIpc) is 2.88. The number of hydrogen-bond donors (Lipinski definition) is 2. The number of amides is 1. The molecule has 3 aromatic rings. The van der Waals surface area contributed by atoms with Crippen molar-refractivity contribution >= 4 is 46.3 Å². The molecule has 5 rings (SSSR count). The number of carbonyl (C=O) groups excluding carboxylic acids is 1. The molecule has 0 spiro atoms. The van der Waals surface area contributed by atoms with Gasteiger partial charge in [-0.05, 0) is 36.4 Å². The minimum atomic E-state index is -0.564. The van der Waals surface area contributed by atoms with E-state index in [-0.39, 0.29) is 22.9 Å². The standard InChI is InChI=1S/C25H27ClFN7O2/c1-32-15-34(22-20(26)4-3-5-21(22)27)24(35)19-12-29-25(31-23(19)32)30-16-6-8-18(9-7-16)33-11-10-28-17(13-33)14-36-2/h3-9,12,17,28H,10-11,13-15H2,1-2H3,(H,29,30,31)/t17-/m1/s1. The lowest BCUT2D eigenvalue weighted by atomic mass is 10.1. The highest BCUT2D eigenvalue weighted by molar-refractivity contribution is 6.34. The average molecular weight is 512 g/mol. The van der Waals surface area contributed by atoms with Gasteiger partial charge in [0.1, 0.15) is 22.9 Å². The van der Waals surface area contributed by atoms with Gasteiger partial charge in [-0.3, -0.25) is 9.69 Å². The van der Waals surface area contributed by atoms with Gasteiger partial charge in [0, 0.05) is 57.4 Å². The van der Waals surface area contributed by atoms with Crippen molar-refractivity contribution in [3.8, 4) is 0 Å². The van der Waals surface area contributed by atoms with E-state index in [0.717, 1.165) is 31.0 Å². The number of benzene rings is 2. The van der Waals surface area contributed by atoms with Gasteiger partial charge < -0.3 is 25.2 Å². The summed E-state index contributed by atoms with van der Waals surface area (Å²) in [6.07, 6.45) is 1.45. The van der Waals surface area contributed by atoms with E-state index in [4.69, 9.17) is 16.3 Å². The van der Waals surface area contributed by atoms with E-state index in [0.29, 0.717) is 24.4 Å². The zero-order chi connectivity index (χ0) is 25.2. The molecule has 1 amide bonds. The number of hydrogen-bond acceptors (Lipinski definition) is 8. The van der Waals surface area contributed by atoms with Crippen molar-refractivity contribution in [1.29, 1.82) is 0 Å². The number of para-hydroxylation sites is 1. The smallest absolute Gasteiger partial charge is 0.265 e. The van der Waals surface area contributed by atoms with Crippen molar-refractivity contribution in [3.05, 3.63) is 65.1 Å². The number of methoxy groups -OCH3 is 1. The van der Waals surface area contributed by atoms with Gasteiger partial charge in [-0.15, -0.1) is 0 Å². The Bertz CT molecular complexity index is 1240. The maximum absolute atomic E-state index is 14.5. The number of aromatic nitrogens is 2. The number of ether oxygens (including phenoxy) is 1. The molecular formula is C25H27ClFN7O2.